The Kier molecular flexibility index (Phi) is 4.69. The summed E-state index contributed by atoms with van der Waals surface area (Å²) in [6.07, 6.45) is 5.66. The molecule has 0 unspecified atom stereocenters. The zero-order valence-electron chi connectivity index (χ0n) is 18.0. The smallest absolute Gasteiger partial charge is 0.206 e. The third-order valence-corrected chi connectivity index (χ3v) is 11.4. The molecule has 4 rings (SSSR count). The molecule has 1 nitrogen and oxygen atoms in total. The summed E-state index contributed by atoms with van der Waals surface area (Å²) >= 11 is 0. The van der Waals surface area contributed by atoms with Crippen molar-refractivity contribution in [1.29, 1.82) is 0 Å². The van der Waals surface area contributed by atoms with Gasteiger partial charge in [-0.2, -0.15) is 0 Å². The lowest BCUT2D eigenvalue weighted by molar-refractivity contribution is -0.659. The maximum Gasteiger partial charge on any atom is 0.220 e. The molecule has 1 aliphatic rings. The number of benzene rings is 2. The van der Waals surface area contributed by atoms with Gasteiger partial charge in [0.25, 0.3) is 0 Å². The standard InChI is InChI=1S/C25H31FNSi/c1-7-18-15-23(16(2)17(3)24(18)26)25-22-11-10-21(28(5,6)20-8-9-20)14-19(22)12-13-27(25)4/h10-15,20H,7-9H2,1-6H3/q+1. The van der Waals surface area contributed by atoms with Crippen LogP contribution in [-0.4, -0.2) is 8.07 Å². The van der Waals surface area contributed by atoms with E-state index in [1.54, 1.807) is 5.19 Å². The molecule has 3 aromatic rings. The van der Waals surface area contributed by atoms with Crippen LogP contribution in [0.15, 0.2) is 36.5 Å². The minimum absolute atomic E-state index is 0.0499. The summed E-state index contributed by atoms with van der Waals surface area (Å²) in [6.45, 7) is 11.0. The Labute approximate surface area is 169 Å². The number of aryl methyl sites for hydroxylation is 2. The lowest BCUT2D eigenvalue weighted by atomic mass is 9.93. The van der Waals surface area contributed by atoms with Gasteiger partial charge in [-0.1, -0.05) is 50.2 Å². The third kappa shape index (κ3) is 3.00. The van der Waals surface area contributed by atoms with E-state index in [-0.39, 0.29) is 5.82 Å². The van der Waals surface area contributed by atoms with Crippen molar-refractivity contribution in [2.75, 3.05) is 0 Å². The van der Waals surface area contributed by atoms with Crippen molar-refractivity contribution in [3.63, 3.8) is 0 Å². The van der Waals surface area contributed by atoms with Gasteiger partial charge < -0.3 is 0 Å². The third-order valence-electron chi connectivity index (χ3n) is 7.01. The van der Waals surface area contributed by atoms with Gasteiger partial charge in [0, 0.05) is 6.07 Å². The van der Waals surface area contributed by atoms with Crippen LogP contribution in [0.1, 0.15) is 36.5 Å². The molecule has 1 aromatic heterocycles. The predicted octanol–water partition coefficient (Wildman–Crippen LogP) is 5.73. The summed E-state index contributed by atoms with van der Waals surface area (Å²) in [5.41, 5.74) is 5.88. The maximum atomic E-state index is 14.6. The topological polar surface area (TPSA) is 3.88 Å². The summed E-state index contributed by atoms with van der Waals surface area (Å²) in [7, 11) is 0.721. The van der Waals surface area contributed by atoms with Gasteiger partial charge in [0.2, 0.25) is 5.69 Å². The average molecular weight is 393 g/mol. The molecular formula is C25H31FNSi+. The minimum Gasteiger partial charge on any atom is -0.206 e. The van der Waals surface area contributed by atoms with E-state index >= 15 is 0 Å². The van der Waals surface area contributed by atoms with Crippen molar-refractivity contribution in [3.05, 3.63) is 59.0 Å². The molecule has 1 aliphatic carbocycles. The first-order valence-electron chi connectivity index (χ1n) is 10.5. The molecule has 1 saturated carbocycles. The number of hydrogen-bond donors (Lipinski definition) is 0. The molecule has 0 atom stereocenters. The lowest BCUT2D eigenvalue weighted by Crippen LogP contribution is -2.41. The van der Waals surface area contributed by atoms with Gasteiger partial charge in [0.15, 0.2) is 6.20 Å². The zero-order valence-corrected chi connectivity index (χ0v) is 19.0. The SMILES string of the molecule is CCc1cc(-c2c3ccc([Si](C)(C)C4CC4)cc3cc[n+]2C)c(C)c(C)c1F. The maximum absolute atomic E-state index is 14.6. The highest BCUT2D eigenvalue weighted by molar-refractivity contribution is 6.91. The van der Waals surface area contributed by atoms with E-state index in [4.69, 9.17) is 0 Å². The van der Waals surface area contributed by atoms with Crippen LogP contribution in [0.4, 0.5) is 4.39 Å². The Morgan fingerprint density at radius 3 is 2.43 bits per heavy atom. The van der Waals surface area contributed by atoms with Crippen LogP contribution in [0, 0.1) is 19.7 Å². The van der Waals surface area contributed by atoms with Gasteiger partial charge in [-0.25, -0.2) is 8.96 Å². The summed E-state index contributed by atoms with van der Waals surface area (Å²) < 4.78 is 16.8. The minimum atomic E-state index is -1.37. The van der Waals surface area contributed by atoms with E-state index in [0.29, 0.717) is 6.42 Å². The van der Waals surface area contributed by atoms with Gasteiger partial charge in [0.05, 0.1) is 19.0 Å². The molecule has 0 saturated heterocycles. The molecule has 0 aliphatic heterocycles. The summed E-state index contributed by atoms with van der Waals surface area (Å²) in [4.78, 5) is 0. The number of rotatable bonds is 4. The Morgan fingerprint density at radius 1 is 1.07 bits per heavy atom. The van der Waals surface area contributed by atoms with E-state index in [1.165, 1.54) is 29.3 Å². The second kappa shape index (κ2) is 6.80. The first-order chi connectivity index (χ1) is 13.3. The molecule has 1 heterocycles. The molecule has 0 N–H and O–H groups in total. The van der Waals surface area contributed by atoms with Crippen LogP contribution in [0.3, 0.4) is 0 Å². The van der Waals surface area contributed by atoms with E-state index < -0.39 is 8.07 Å². The number of hydrogen-bond acceptors (Lipinski definition) is 0. The van der Waals surface area contributed by atoms with E-state index in [1.807, 2.05) is 20.8 Å². The molecule has 146 valence electrons. The first kappa shape index (κ1) is 19.3. The van der Waals surface area contributed by atoms with E-state index in [2.05, 4.69) is 61.2 Å². The van der Waals surface area contributed by atoms with Gasteiger partial charge in [-0.15, -0.1) is 0 Å². The molecule has 0 radical (unpaired) electrons. The fourth-order valence-electron chi connectivity index (χ4n) is 4.61. The quantitative estimate of drug-likeness (QED) is 0.394. The van der Waals surface area contributed by atoms with Crippen molar-refractivity contribution < 1.29 is 8.96 Å². The normalized spacial score (nSPS) is 14.7. The van der Waals surface area contributed by atoms with E-state index in [0.717, 1.165) is 27.8 Å². The van der Waals surface area contributed by atoms with Crippen molar-refractivity contribution in [2.24, 2.45) is 7.05 Å². The van der Waals surface area contributed by atoms with Crippen LogP contribution in [0.25, 0.3) is 22.0 Å². The Balaban J connectivity index is 1.95. The fraction of sp³-hybridized carbons (Fsp3) is 0.400. The van der Waals surface area contributed by atoms with Gasteiger partial charge in [0.1, 0.15) is 12.9 Å². The summed E-state index contributed by atoms with van der Waals surface area (Å²) in [5, 5.41) is 4.11. The van der Waals surface area contributed by atoms with Gasteiger partial charge in [-0.05, 0) is 60.0 Å². The number of nitrogens with zero attached hydrogens (tertiary/aromatic N) is 1. The Morgan fingerprint density at radius 2 is 1.79 bits per heavy atom. The Bertz CT molecular complexity index is 1080. The molecule has 28 heavy (non-hydrogen) atoms. The van der Waals surface area contributed by atoms with Crippen LogP contribution in [0.2, 0.25) is 18.6 Å². The predicted molar refractivity (Wildman–Crippen MR) is 119 cm³/mol. The van der Waals surface area contributed by atoms with Crippen molar-refractivity contribution in [3.8, 4) is 11.3 Å². The van der Waals surface area contributed by atoms with Crippen LogP contribution in [-0.2, 0) is 13.5 Å². The van der Waals surface area contributed by atoms with Gasteiger partial charge >= 0.3 is 0 Å². The second-order valence-corrected chi connectivity index (χ2v) is 13.9. The highest BCUT2D eigenvalue weighted by atomic mass is 28.3. The molecular weight excluding hydrogens is 361 g/mol. The average Bonchev–Trinajstić information content (AvgIpc) is 3.52. The molecule has 2 aromatic carbocycles. The Hall–Kier alpha value is -2.00. The molecule has 0 spiro atoms. The monoisotopic (exact) mass is 392 g/mol. The molecule has 1 fully saturated rings. The lowest BCUT2D eigenvalue weighted by Gasteiger charge is -2.23. The van der Waals surface area contributed by atoms with Crippen molar-refractivity contribution in [1.82, 2.24) is 0 Å². The number of aromatic nitrogens is 1. The number of pyridine rings is 1. The summed E-state index contributed by atoms with van der Waals surface area (Å²) in [5.74, 6) is -0.0499. The highest BCUT2D eigenvalue weighted by Gasteiger charge is 2.40. The molecule has 0 bridgehead atoms. The largest absolute Gasteiger partial charge is 0.220 e. The second-order valence-electron chi connectivity index (χ2n) is 9.07. The fourth-order valence-corrected chi connectivity index (χ4v) is 7.73. The van der Waals surface area contributed by atoms with Gasteiger partial charge in [-0.3, -0.25) is 0 Å². The van der Waals surface area contributed by atoms with Crippen LogP contribution in [0.5, 0.6) is 0 Å². The van der Waals surface area contributed by atoms with Crippen LogP contribution < -0.4 is 9.75 Å². The zero-order chi connectivity index (χ0) is 20.2. The first-order valence-corrected chi connectivity index (χ1v) is 13.5. The van der Waals surface area contributed by atoms with E-state index in [9.17, 15) is 4.39 Å². The number of fused-ring (bicyclic) bond motifs is 1. The van der Waals surface area contributed by atoms with Crippen molar-refractivity contribution in [2.45, 2.75) is 58.7 Å². The number of halogens is 1. The van der Waals surface area contributed by atoms with Crippen molar-refractivity contribution >= 4 is 24.0 Å². The summed E-state index contributed by atoms with van der Waals surface area (Å²) in [6, 6.07) is 11.4. The molecule has 3 heteroatoms. The highest BCUT2D eigenvalue weighted by Crippen LogP contribution is 2.45. The molecule has 0 amide bonds. The van der Waals surface area contributed by atoms with Crippen LogP contribution >= 0.6 is 0 Å².